The lowest BCUT2D eigenvalue weighted by Crippen LogP contribution is -2.48. The number of hydrogen-bond donors (Lipinski definition) is 1. The van der Waals surface area contributed by atoms with Crippen molar-refractivity contribution in [2.75, 3.05) is 51.8 Å². The molecule has 1 aromatic heterocycles. The van der Waals surface area contributed by atoms with Crippen LogP contribution in [0.1, 0.15) is 26.2 Å². The molecule has 3 heterocycles. The highest BCUT2D eigenvalue weighted by atomic mass is 35.5. The Balaban J connectivity index is 1.26. The van der Waals surface area contributed by atoms with Gasteiger partial charge in [0.15, 0.2) is 11.5 Å². The lowest BCUT2D eigenvalue weighted by molar-refractivity contribution is 0.105. The molecule has 192 valence electrons. The molecule has 0 radical (unpaired) electrons. The van der Waals surface area contributed by atoms with Crippen LogP contribution in [0.5, 0.6) is 11.5 Å². The van der Waals surface area contributed by atoms with Gasteiger partial charge in [-0.3, -0.25) is 4.90 Å². The van der Waals surface area contributed by atoms with Gasteiger partial charge in [0.2, 0.25) is 0 Å². The largest absolute Gasteiger partial charge is 0.493 e. The SMILES string of the molecule is CCN1CCC2CCN(CCCOc3cc4c(Nc5ccc(F)c(Cl)c5)ncnc4cc3OC)C2C1. The van der Waals surface area contributed by atoms with Crippen molar-refractivity contribution in [3.8, 4) is 11.5 Å². The molecule has 0 amide bonds. The first-order valence-corrected chi connectivity index (χ1v) is 13.1. The summed E-state index contributed by atoms with van der Waals surface area (Å²) in [7, 11) is 1.63. The monoisotopic (exact) mass is 513 g/mol. The van der Waals surface area contributed by atoms with Crippen molar-refractivity contribution in [1.29, 1.82) is 0 Å². The van der Waals surface area contributed by atoms with E-state index in [1.165, 1.54) is 50.9 Å². The number of ether oxygens (including phenoxy) is 2. The third kappa shape index (κ3) is 5.36. The molecular weight excluding hydrogens is 481 g/mol. The average Bonchev–Trinajstić information content (AvgIpc) is 3.30. The zero-order valence-electron chi connectivity index (χ0n) is 20.8. The second-order valence-electron chi connectivity index (χ2n) is 9.53. The Morgan fingerprint density at radius 1 is 1.14 bits per heavy atom. The number of halogens is 2. The van der Waals surface area contributed by atoms with Crippen LogP contribution in [0.4, 0.5) is 15.9 Å². The summed E-state index contributed by atoms with van der Waals surface area (Å²) in [6.07, 6.45) is 5.06. The Labute approximate surface area is 216 Å². The van der Waals surface area contributed by atoms with Gasteiger partial charge in [0.05, 0.1) is 24.3 Å². The van der Waals surface area contributed by atoms with Gasteiger partial charge in [-0.25, -0.2) is 14.4 Å². The Hall–Kier alpha value is -2.68. The van der Waals surface area contributed by atoms with Crippen molar-refractivity contribution in [3.05, 3.63) is 47.5 Å². The number of likely N-dealkylation sites (N-methyl/N-ethyl adjacent to an activating group) is 1. The van der Waals surface area contributed by atoms with Gasteiger partial charge in [0, 0.05) is 36.3 Å². The molecule has 9 heteroatoms. The quantitative estimate of drug-likeness (QED) is 0.386. The Kier molecular flexibility index (Phi) is 7.74. The van der Waals surface area contributed by atoms with Gasteiger partial charge in [-0.2, -0.15) is 0 Å². The van der Waals surface area contributed by atoms with Crippen molar-refractivity contribution < 1.29 is 13.9 Å². The van der Waals surface area contributed by atoms with Gasteiger partial charge in [-0.1, -0.05) is 18.5 Å². The summed E-state index contributed by atoms with van der Waals surface area (Å²) < 4.78 is 25.4. The maximum absolute atomic E-state index is 13.6. The maximum Gasteiger partial charge on any atom is 0.162 e. The highest BCUT2D eigenvalue weighted by Crippen LogP contribution is 2.36. The number of likely N-dealkylation sites (tertiary alicyclic amines) is 2. The molecule has 2 unspecified atom stereocenters. The molecule has 3 aromatic rings. The van der Waals surface area contributed by atoms with E-state index in [0.29, 0.717) is 41.2 Å². The van der Waals surface area contributed by atoms with E-state index in [1.807, 2.05) is 12.1 Å². The van der Waals surface area contributed by atoms with E-state index in [1.54, 1.807) is 13.2 Å². The Morgan fingerprint density at radius 2 is 2.00 bits per heavy atom. The molecule has 0 aliphatic carbocycles. The zero-order valence-corrected chi connectivity index (χ0v) is 21.6. The lowest BCUT2D eigenvalue weighted by Gasteiger charge is -2.38. The summed E-state index contributed by atoms with van der Waals surface area (Å²) in [5, 5.41) is 4.03. The van der Waals surface area contributed by atoms with E-state index in [9.17, 15) is 4.39 Å². The number of nitrogens with zero attached hydrogens (tertiary/aromatic N) is 4. The van der Waals surface area contributed by atoms with E-state index in [0.717, 1.165) is 30.8 Å². The van der Waals surface area contributed by atoms with Gasteiger partial charge in [-0.15, -0.1) is 0 Å². The summed E-state index contributed by atoms with van der Waals surface area (Å²) in [5.41, 5.74) is 1.35. The summed E-state index contributed by atoms with van der Waals surface area (Å²) in [4.78, 5) is 14.0. The van der Waals surface area contributed by atoms with Gasteiger partial charge in [-0.05, 0) is 69.1 Å². The summed E-state index contributed by atoms with van der Waals surface area (Å²) in [6.45, 7) is 8.64. The van der Waals surface area contributed by atoms with Gasteiger partial charge < -0.3 is 19.7 Å². The van der Waals surface area contributed by atoms with Crippen LogP contribution < -0.4 is 14.8 Å². The van der Waals surface area contributed by atoms with Crippen LogP contribution in [-0.4, -0.2) is 72.3 Å². The predicted molar refractivity (Wildman–Crippen MR) is 141 cm³/mol. The number of aromatic nitrogens is 2. The lowest BCUT2D eigenvalue weighted by atomic mass is 9.92. The maximum atomic E-state index is 13.6. The van der Waals surface area contributed by atoms with Gasteiger partial charge in [0.1, 0.15) is 18.0 Å². The minimum absolute atomic E-state index is 0.0454. The normalized spacial score (nSPS) is 20.4. The van der Waals surface area contributed by atoms with Crippen LogP contribution >= 0.6 is 11.6 Å². The van der Waals surface area contributed by atoms with Crippen LogP contribution in [0.2, 0.25) is 5.02 Å². The first-order valence-electron chi connectivity index (χ1n) is 12.7. The third-order valence-electron chi connectivity index (χ3n) is 7.46. The molecule has 2 aliphatic rings. The van der Waals surface area contributed by atoms with Crippen molar-refractivity contribution >= 4 is 34.0 Å². The van der Waals surface area contributed by atoms with Crippen molar-refractivity contribution in [2.45, 2.75) is 32.2 Å². The smallest absolute Gasteiger partial charge is 0.162 e. The van der Waals surface area contributed by atoms with Gasteiger partial charge in [0.25, 0.3) is 0 Å². The van der Waals surface area contributed by atoms with Crippen molar-refractivity contribution in [2.24, 2.45) is 5.92 Å². The molecule has 5 rings (SSSR count). The first-order chi connectivity index (χ1) is 17.6. The summed E-state index contributed by atoms with van der Waals surface area (Å²) in [5.74, 6) is 2.23. The molecule has 7 nitrogen and oxygen atoms in total. The minimum Gasteiger partial charge on any atom is -0.493 e. The van der Waals surface area contributed by atoms with E-state index < -0.39 is 5.82 Å². The number of rotatable bonds is 9. The van der Waals surface area contributed by atoms with E-state index >= 15 is 0 Å². The highest BCUT2D eigenvalue weighted by molar-refractivity contribution is 6.31. The van der Waals surface area contributed by atoms with Crippen molar-refractivity contribution in [1.82, 2.24) is 19.8 Å². The van der Waals surface area contributed by atoms with Crippen LogP contribution in [0, 0.1) is 11.7 Å². The van der Waals surface area contributed by atoms with Crippen LogP contribution in [-0.2, 0) is 0 Å². The van der Waals surface area contributed by atoms with E-state index in [4.69, 9.17) is 21.1 Å². The predicted octanol–water partition coefficient (Wildman–Crippen LogP) is 5.36. The highest BCUT2D eigenvalue weighted by Gasteiger charge is 2.37. The average molecular weight is 514 g/mol. The second kappa shape index (κ2) is 11.2. The summed E-state index contributed by atoms with van der Waals surface area (Å²) >= 11 is 5.94. The number of methoxy groups -OCH3 is 1. The fraction of sp³-hybridized carbons (Fsp3) is 0.481. The Morgan fingerprint density at radius 3 is 2.81 bits per heavy atom. The zero-order chi connectivity index (χ0) is 25.1. The van der Waals surface area contributed by atoms with E-state index in [2.05, 4.69) is 32.0 Å². The molecule has 2 atom stereocenters. The summed E-state index contributed by atoms with van der Waals surface area (Å²) in [6, 6.07) is 8.89. The molecule has 2 aliphatic heterocycles. The number of anilines is 2. The molecule has 36 heavy (non-hydrogen) atoms. The number of nitrogens with one attached hydrogen (secondary N) is 1. The number of hydrogen-bond acceptors (Lipinski definition) is 7. The minimum atomic E-state index is -0.467. The van der Waals surface area contributed by atoms with E-state index in [-0.39, 0.29) is 5.02 Å². The Bertz CT molecular complexity index is 1210. The molecule has 1 N–H and O–H groups in total. The molecule has 2 aromatic carbocycles. The number of piperidine rings is 1. The standard InChI is InChI=1S/C27H33ClFN5O2/c1-3-33-10-7-18-8-11-34(24(18)16-33)9-4-12-36-26-14-20-23(15-25(26)35-2)30-17-31-27(20)32-19-5-6-22(29)21(28)13-19/h5-6,13-15,17-18,24H,3-4,7-12,16H2,1-2H3,(H,30,31,32). The second-order valence-corrected chi connectivity index (χ2v) is 9.94. The molecule has 0 saturated carbocycles. The van der Waals surface area contributed by atoms with Crippen LogP contribution in [0.15, 0.2) is 36.7 Å². The molecule has 0 spiro atoms. The number of fused-ring (bicyclic) bond motifs is 2. The first kappa shape index (κ1) is 25.0. The fourth-order valence-electron chi connectivity index (χ4n) is 5.45. The molecular formula is C27H33ClFN5O2. The molecule has 2 fully saturated rings. The van der Waals surface area contributed by atoms with Crippen LogP contribution in [0.3, 0.4) is 0 Å². The third-order valence-corrected chi connectivity index (χ3v) is 7.75. The van der Waals surface area contributed by atoms with Gasteiger partial charge >= 0.3 is 0 Å². The molecule has 0 bridgehead atoms. The van der Waals surface area contributed by atoms with Crippen molar-refractivity contribution in [3.63, 3.8) is 0 Å². The molecule has 2 saturated heterocycles. The number of benzene rings is 2. The van der Waals surface area contributed by atoms with Crippen LogP contribution in [0.25, 0.3) is 10.9 Å². The topological polar surface area (TPSA) is 62.8 Å². The fourth-order valence-corrected chi connectivity index (χ4v) is 5.64.